The lowest BCUT2D eigenvalue weighted by Gasteiger charge is -2.21. The van der Waals surface area contributed by atoms with Gasteiger partial charge < -0.3 is 10.2 Å². The van der Waals surface area contributed by atoms with Gasteiger partial charge in [-0.25, -0.2) is 9.97 Å². The van der Waals surface area contributed by atoms with Crippen LogP contribution in [-0.4, -0.2) is 23.1 Å². The van der Waals surface area contributed by atoms with Crippen molar-refractivity contribution in [3.63, 3.8) is 0 Å². The number of nitrogens with one attached hydrogen (secondary N) is 1. The summed E-state index contributed by atoms with van der Waals surface area (Å²) in [6, 6.07) is 11.5. The van der Waals surface area contributed by atoms with E-state index in [2.05, 4.69) is 26.3 Å². The Labute approximate surface area is 130 Å². The zero-order chi connectivity index (χ0) is 15.2. The lowest BCUT2D eigenvalue weighted by atomic mass is 10.2. The average molecular weight is 293 g/mol. The number of nitrogens with zero attached hydrogens (tertiary/aromatic N) is 4. The second-order valence-corrected chi connectivity index (χ2v) is 5.48. The summed E-state index contributed by atoms with van der Waals surface area (Å²) in [6.45, 7) is 2.11. The van der Waals surface area contributed by atoms with E-state index in [0.717, 1.165) is 30.4 Å². The van der Waals surface area contributed by atoms with Gasteiger partial charge in [0.1, 0.15) is 18.0 Å². The van der Waals surface area contributed by atoms with E-state index >= 15 is 0 Å². The van der Waals surface area contributed by atoms with E-state index in [1.165, 1.54) is 25.7 Å². The third kappa shape index (κ3) is 3.53. The molecule has 22 heavy (non-hydrogen) atoms. The lowest BCUT2D eigenvalue weighted by molar-refractivity contribution is 0.726. The van der Waals surface area contributed by atoms with Gasteiger partial charge in [0.05, 0.1) is 11.6 Å². The molecule has 0 radical (unpaired) electrons. The van der Waals surface area contributed by atoms with Gasteiger partial charge in [0.15, 0.2) is 0 Å². The molecule has 1 aromatic carbocycles. The van der Waals surface area contributed by atoms with Crippen molar-refractivity contribution >= 4 is 17.3 Å². The topological polar surface area (TPSA) is 64.8 Å². The Morgan fingerprint density at radius 2 is 1.86 bits per heavy atom. The van der Waals surface area contributed by atoms with Crippen molar-refractivity contribution in [2.45, 2.75) is 25.7 Å². The highest BCUT2D eigenvalue weighted by Gasteiger charge is 2.11. The molecule has 0 unspecified atom stereocenters. The second-order valence-electron chi connectivity index (χ2n) is 5.48. The molecule has 1 N–H and O–H groups in total. The molecule has 0 bridgehead atoms. The molecule has 1 aliphatic heterocycles. The smallest absolute Gasteiger partial charge is 0.135 e. The molecule has 1 saturated heterocycles. The van der Waals surface area contributed by atoms with Crippen LogP contribution in [0.2, 0.25) is 0 Å². The zero-order valence-electron chi connectivity index (χ0n) is 12.5. The number of aromatic nitrogens is 2. The van der Waals surface area contributed by atoms with E-state index in [9.17, 15) is 0 Å². The summed E-state index contributed by atoms with van der Waals surface area (Å²) in [5.74, 6) is 1.72. The van der Waals surface area contributed by atoms with Gasteiger partial charge in [-0.2, -0.15) is 5.26 Å². The standard InChI is InChI=1S/C17H19N5/c18-12-14-6-5-7-15(10-14)21-16-11-17(20-13-19-16)22-8-3-1-2-4-9-22/h5-7,10-11,13H,1-4,8-9H2,(H,19,20,21). The monoisotopic (exact) mass is 293 g/mol. The molecule has 1 aliphatic rings. The average Bonchev–Trinajstić information content (AvgIpc) is 2.84. The van der Waals surface area contributed by atoms with Gasteiger partial charge in [0.2, 0.25) is 0 Å². The van der Waals surface area contributed by atoms with Crippen LogP contribution in [0.1, 0.15) is 31.2 Å². The number of hydrogen-bond donors (Lipinski definition) is 1. The number of rotatable bonds is 3. The molecule has 1 fully saturated rings. The Morgan fingerprint density at radius 3 is 2.64 bits per heavy atom. The Balaban J connectivity index is 1.77. The molecular weight excluding hydrogens is 274 g/mol. The Kier molecular flexibility index (Phi) is 4.50. The van der Waals surface area contributed by atoms with Crippen LogP contribution >= 0.6 is 0 Å². The normalized spacial score (nSPS) is 15.0. The third-order valence-electron chi connectivity index (χ3n) is 3.85. The molecule has 2 aromatic rings. The van der Waals surface area contributed by atoms with Crippen LogP contribution in [0, 0.1) is 11.3 Å². The number of hydrogen-bond acceptors (Lipinski definition) is 5. The first-order valence-corrected chi connectivity index (χ1v) is 7.69. The quantitative estimate of drug-likeness (QED) is 0.938. The number of benzene rings is 1. The molecule has 0 spiro atoms. The van der Waals surface area contributed by atoms with Gasteiger partial charge in [-0.3, -0.25) is 0 Å². The largest absolute Gasteiger partial charge is 0.356 e. The summed E-state index contributed by atoms with van der Waals surface area (Å²) in [7, 11) is 0. The summed E-state index contributed by atoms with van der Waals surface area (Å²) in [5, 5.41) is 12.2. The van der Waals surface area contributed by atoms with E-state index in [-0.39, 0.29) is 0 Å². The Bertz CT molecular complexity index is 669. The van der Waals surface area contributed by atoms with E-state index in [1.807, 2.05) is 24.3 Å². The summed E-state index contributed by atoms with van der Waals surface area (Å²) < 4.78 is 0. The molecule has 5 heteroatoms. The third-order valence-corrected chi connectivity index (χ3v) is 3.85. The maximum absolute atomic E-state index is 8.96. The minimum Gasteiger partial charge on any atom is -0.356 e. The van der Waals surface area contributed by atoms with Gasteiger partial charge >= 0.3 is 0 Å². The van der Waals surface area contributed by atoms with Crippen LogP contribution in [0.5, 0.6) is 0 Å². The minimum atomic E-state index is 0.631. The van der Waals surface area contributed by atoms with Crippen molar-refractivity contribution in [1.29, 1.82) is 5.26 Å². The van der Waals surface area contributed by atoms with Crippen molar-refractivity contribution in [3.05, 3.63) is 42.2 Å². The first-order chi connectivity index (χ1) is 10.8. The predicted octanol–water partition coefficient (Wildman–Crippen LogP) is 3.47. The molecule has 112 valence electrons. The molecular formula is C17H19N5. The van der Waals surface area contributed by atoms with Gasteiger partial charge in [-0.1, -0.05) is 18.9 Å². The molecule has 1 aromatic heterocycles. The molecule has 0 amide bonds. The summed E-state index contributed by atoms with van der Waals surface area (Å²) >= 11 is 0. The predicted molar refractivity (Wildman–Crippen MR) is 87.2 cm³/mol. The van der Waals surface area contributed by atoms with Crippen LogP contribution in [0.15, 0.2) is 36.7 Å². The number of nitriles is 1. The maximum atomic E-state index is 8.96. The highest BCUT2D eigenvalue weighted by Crippen LogP contribution is 2.21. The molecule has 0 aliphatic carbocycles. The molecule has 0 saturated carbocycles. The summed E-state index contributed by atoms with van der Waals surface area (Å²) in [5.41, 5.74) is 1.49. The second kappa shape index (κ2) is 6.90. The summed E-state index contributed by atoms with van der Waals surface area (Å²) in [4.78, 5) is 11.0. The fourth-order valence-electron chi connectivity index (χ4n) is 2.70. The Morgan fingerprint density at radius 1 is 1.05 bits per heavy atom. The van der Waals surface area contributed by atoms with Crippen LogP contribution in [0.3, 0.4) is 0 Å². The highest BCUT2D eigenvalue weighted by atomic mass is 15.2. The fraction of sp³-hybridized carbons (Fsp3) is 0.353. The first-order valence-electron chi connectivity index (χ1n) is 7.69. The van der Waals surface area contributed by atoms with E-state index in [1.54, 1.807) is 12.4 Å². The molecule has 0 atom stereocenters. The first kappa shape index (κ1) is 14.3. The van der Waals surface area contributed by atoms with Crippen LogP contribution < -0.4 is 10.2 Å². The van der Waals surface area contributed by atoms with Gasteiger partial charge in [-0.15, -0.1) is 0 Å². The zero-order valence-corrected chi connectivity index (χ0v) is 12.5. The van der Waals surface area contributed by atoms with E-state index < -0.39 is 0 Å². The summed E-state index contributed by atoms with van der Waals surface area (Å²) in [6.07, 6.45) is 6.63. The fourth-order valence-corrected chi connectivity index (χ4v) is 2.70. The highest BCUT2D eigenvalue weighted by molar-refractivity contribution is 5.60. The van der Waals surface area contributed by atoms with Gasteiger partial charge in [0.25, 0.3) is 0 Å². The lowest BCUT2D eigenvalue weighted by Crippen LogP contribution is -2.25. The van der Waals surface area contributed by atoms with Crippen molar-refractivity contribution < 1.29 is 0 Å². The molecule has 5 nitrogen and oxygen atoms in total. The van der Waals surface area contributed by atoms with Gasteiger partial charge in [-0.05, 0) is 31.0 Å². The van der Waals surface area contributed by atoms with E-state index in [0.29, 0.717) is 5.56 Å². The Hall–Kier alpha value is -2.61. The molecule has 3 rings (SSSR count). The number of anilines is 3. The van der Waals surface area contributed by atoms with E-state index in [4.69, 9.17) is 5.26 Å². The van der Waals surface area contributed by atoms with Crippen molar-refractivity contribution in [2.75, 3.05) is 23.3 Å². The van der Waals surface area contributed by atoms with Crippen molar-refractivity contribution in [1.82, 2.24) is 9.97 Å². The van der Waals surface area contributed by atoms with Gasteiger partial charge in [0, 0.05) is 24.8 Å². The minimum absolute atomic E-state index is 0.631. The molecule has 2 heterocycles. The van der Waals surface area contributed by atoms with Crippen molar-refractivity contribution in [3.8, 4) is 6.07 Å². The SMILES string of the molecule is N#Cc1cccc(Nc2cc(N3CCCCCC3)ncn2)c1. The van der Waals surface area contributed by atoms with Crippen molar-refractivity contribution in [2.24, 2.45) is 0 Å². The maximum Gasteiger partial charge on any atom is 0.135 e. The van der Waals surface area contributed by atoms with Crippen LogP contribution in [0.4, 0.5) is 17.3 Å². The van der Waals surface area contributed by atoms with Crippen LogP contribution in [-0.2, 0) is 0 Å². The van der Waals surface area contributed by atoms with Crippen LogP contribution in [0.25, 0.3) is 0 Å².